The average molecular weight is 565 g/mol. The number of halogens is 1. The van der Waals surface area contributed by atoms with Crippen molar-refractivity contribution in [2.75, 3.05) is 23.9 Å². The molecule has 0 aliphatic carbocycles. The molecule has 1 aliphatic heterocycles. The van der Waals surface area contributed by atoms with Crippen molar-refractivity contribution in [3.05, 3.63) is 69.9 Å². The van der Waals surface area contributed by atoms with Gasteiger partial charge in [0.2, 0.25) is 5.91 Å². The van der Waals surface area contributed by atoms with Crippen LogP contribution in [0.3, 0.4) is 0 Å². The molecule has 208 valence electrons. The van der Waals surface area contributed by atoms with Gasteiger partial charge in [-0.3, -0.25) is 19.8 Å². The summed E-state index contributed by atoms with van der Waals surface area (Å²) in [5.41, 5.74) is 0.742. The summed E-state index contributed by atoms with van der Waals surface area (Å²) in [5, 5.41) is 4.54. The zero-order chi connectivity index (χ0) is 29.0. The summed E-state index contributed by atoms with van der Waals surface area (Å²) in [6.45, 7) is 5.87. The standard InChI is InChI=1S/C29H29FN4O5S/c1-6-25-32-23(17-40-25)26(35)34(24-11-12-33(27(24)36)16-18-7-9-19(30)10-8-18)21-13-20(14-22(15-21)38-5)31-28(37)39-29(2,3)4/h1,7-10,13-15,17,24H,11-12,16H2,2-5H3,(H,31,37)/t24-/m0/s1. The van der Waals surface area contributed by atoms with Gasteiger partial charge in [0.05, 0.1) is 12.8 Å². The Morgan fingerprint density at radius 1 is 1.25 bits per heavy atom. The minimum atomic E-state index is -0.870. The molecule has 40 heavy (non-hydrogen) atoms. The van der Waals surface area contributed by atoms with Gasteiger partial charge in [-0.1, -0.05) is 12.1 Å². The first kappa shape index (κ1) is 28.6. The second-order valence-electron chi connectivity index (χ2n) is 10.1. The predicted octanol–water partition coefficient (Wildman–Crippen LogP) is 5.07. The molecule has 0 spiro atoms. The SMILES string of the molecule is C#Cc1nc(C(=O)N(c2cc(NC(=O)OC(C)(C)C)cc(OC)c2)[C@H]2CCN(Cc3ccc(F)cc3)C2=O)cs1. The van der Waals surface area contributed by atoms with Crippen molar-refractivity contribution in [2.45, 2.75) is 45.4 Å². The van der Waals surface area contributed by atoms with Gasteiger partial charge in [0.1, 0.15) is 28.9 Å². The maximum Gasteiger partial charge on any atom is 0.412 e. The van der Waals surface area contributed by atoms with Crippen LogP contribution in [-0.4, -0.2) is 53.1 Å². The lowest BCUT2D eigenvalue weighted by atomic mass is 10.1. The third-order valence-electron chi connectivity index (χ3n) is 5.98. The van der Waals surface area contributed by atoms with Gasteiger partial charge in [0.15, 0.2) is 5.01 Å². The number of amides is 3. The molecule has 1 aromatic heterocycles. The monoisotopic (exact) mass is 564 g/mol. The number of thiazole rings is 1. The van der Waals surface area contributed by atoms with E-state index in [9.17, 15) is 18.8 Å². The van der Waals surface area contributed by atoms with Crippen LogP contribution in [0.4, 0.5) is 20.6 Å². The van der Waals surface area contributed by atoms with Crippen molar-refractivity contribution in [1.29, 1.82) is 0 Å². The molecule has 1 N–H and O–H groups in total. The van der Waals surface area contributed by atoms with Gasteiger partial charge in [0, 0.05) is 36.3 Å². The van der Waals surface area contributed by atoms with Crippen molar-refractivity contribution in [3.63, 3.8) is 0 Å². The van der Waals surface area contributed by atoms with E-state index in [0.717, 1.165) is 16.9 Å². The Morgan fingerprint density at radius 3 is 2.60 bits per heavy atom. The predicted molar refractivity (Wildman–Crippen MR) is 150 cm³/mol. The number of aromatic nitrogens is 1. The molecule has 3 aromatic rings. The Balaban J connectivity index is 1.70. The molecule has 2 heterocycles. The van der Waals surface area contributed by atoms with E-state index in [2.05, 4.69) is 16.2 Å². The van der Waals surface area contributed by atoms with Gasteiger partial charge < -0.3 is 14.4 Å². The zero-order valence-electron chi connectivity index (χ0n) is 22.6. The molecule has 0 unspecified atom stereocenters. The maximum atomic E-state index is 13.9. The van der Waals surface area contributed by atoms with Gasteiger partial charge in [-0.05, 0) is 56.9 Å². The average Bonchev–Trinajstić information content (AvgIpc) is 3.52. The number of nitrogens with zero attached hydrogens (tertiary/aromatic N) is 3. The summed E-state index contributed by atoms with van der Waals surface area (Å²) in [7, 11) is 1.45. The smallest absolute Gasteiger partial charge is 0.412 e. The third kappa shape index (κ3) is 6.76. The Hall–Kier alpha value is -4.43. The van der Waals surface area contributed by atoms with Crippen LogP contribution in [0, 0.1) is 18.2 Å². The van der Waals surface area contributed by atoms with Crippen LogP contribution in [0.15, 0.2) is 47.8 Å². The molecule has 1 atom stereocenters. The molecule has 0 radical (unpaired) electrons. The number of terminal acetylenes is 1. The van der Waals surface area contributed by atoms with Gasteiger partial charge in [-0.15, -0.1) is 17.8 Å². The first-order valence-electron chi connectivity index (χ1n) is 12.5. The highest BCUT2D eigenvalue weighted by Crippen LogP contribution is 2.33. The van der Waals surface area contributed by atoms with Gasteiger partial charge >= 0.3 is 6.09 Å². The second-order valence-corrected chi connectivity index (χ2v) is 11.0. The number of hydrogen-bond acceptors (Lipinski definition) is 7. The van der Waals surface area contributed by atoms with Crippen LogP contribution in [0.2, 0.25) is 0 Å². The van der Waals surface area contributed by atoms with E-state index in [4.69, 9.17) is 15.9 Å². The van der Waals surface area contributed by atoms with Crippen LogP contribution >= 0.6 is 11.3 Å². The molecule has 0 saturated carbocycles. The summed E-state index contributed by atoms with van der Waals surface area (Å²) < 4.78 is 24.2. The highest BCUT2D eigenvalue weighted by molar-refractivity contribution is 7.10. The second kappa shape index (κ2) is 11.8. The quantitative estimate of drug-likeness (QED) is 0.403. The normalized spacial score (nSPS) is 14.9. The molecule has 1 fully saturated rings. The summed E-state index contributed by atoms with van der Waals surface area (Å²) in [4.78, 5) is 47.2. The third-order valence-corrected chi connectivity index (χ3v) is 6.76. The summed E-state index contributed by atoms with van der Waals surface area (Å²) in [6.07, 6.45) is 5.11. The highest BCUT2D eigenvalue weighted by atomic mass is 32.1. The van der Waals surface area contributed by atoms with E-state index >= 15 is 0 Å². The molecule has 11 heteroatoms. The Kier molecular flexibility index (Phi) is 8.40. The topological polar surface area (TPSA) is 101 Å². The van der Waals surface area contributed by atoms with Crippen LogP contribution in [0.5, 0.6) is 5.75 Å². The fourth-order valence-corrected chi connectivity index (χ4v) is 4.86. The lowest BCUT2D eigenvalue weighted by Gasteiger charge is -2.28. The van der Waals surface area contributed by atoms with Crippen molar-refractivity contribution >= 4 is 40.6 Å². The highest BCUT2D eigenvalue weighted by Gasteiger charge is 2.40. The molecule has 9 nitrogen and oxygen atoms in total. The minimum absolute atomic E-state index is 0.0900. The lowest BCUT2D eigenvalue weighted by Crippen LogP contribution is -2.45. The lowest BCUT2D eigenvalue weighted by molar-refractivity contribution is -0.129. The molecule has 4 rings (SSSR count). The number of nitrogens with one attached hydrogen (secondary N) is 1. The number of benzene rings is 2. The first-order chi connectivity index (χ1) is 19.0. The number of ether oxygens (including phenoxy) is 2. The summed E-state index contributed by atoms with van der Waals surface area (Å²) in [5.74, 6) is 1.58. The maximum absolute atomic E-state index is 13.9. The molecular weight excluding hydrogens is 535 g/mol. The van der Waals surface area contributed by atoms with Crippen molar-refractivity contribution in [1.82, 2.24) is 9.88 Å². The van der Waals surface area contributed by atoms with Crippen molar-refractivity contribution in [3.8, 4) is 18.1 Å². The van der Waals surface area contributed by atoms with Crippen LogP contribution in [0.1, 0.15) is 48.3 Å². The number of carbonyl (C=O) groups is 3. The Morgan fingerprint density at radius 2 is 1.98 bits per heavy atom. The van der Waals surface area contributed by atoms with E-state index in [0.29, 0.717) is 35.1 Å². The fourth-order valence-electron chi connectivity index (χ4n) is 4.26. The molecule has 0 bridgehead atoms. The van der Waals surface area contributed by atoms with E-state index in [1.165, 1.54) is 24.1 Å². The van der Waals surface area contributed by atoms with E-state index in [1.54, 1.807) is 61.4 Å². The number of methoxy groups -OCH3 is 1. The Bertz CT molecular complexity index is 1460. The first-order valence-corrected chi connectivity index (χ1v) is 13.3. The number of rotatable bonds is 7. The largest absolute Gasteiger partial charge is 0.497 e. The van der Waals surface area contributed by atoms with Gasteiger partial charge in [-0.2, -0.15) is 0 Å². The fraction of sp³-hybridized carbons (Fsp3) is 0.310. The molecule has 1 saturated heterocycles. The summed E-state index contributed by atoms with van der Waals surface area (Å²) >= 11 is 1.14. The van der Waals surface area contributed by atoms with Crippen molar-refractivity contribution < 1.29 is 28.2 Å². The van der Waals surface area contributed by atoms with Gasteiger partial charge in [-0.25, -0.2) is 14.2 Å². The van der Waals surface area contributed by atoms with Crippen LogP contribution < -0.4 is 15.0 Å². The number of hydrogen-bond donors (Lipinski definition) is 1. The van der Waals surface area contributed by atoms with Crippen LogP contribution in [0.25, 0.3) is 0 Å². The molecular formula is C29H29FN4O5S. The van der Waals surface area contributed by atoms with E-state index in [1.807, 2.05) is 0 Å². The number of likely N-dealkylation sites (tertiary alicyclic amines) is 1. The minimum Gasteiger partial charge on any atom is -0.497 e. The van der Waals surface area contributed by atoms with E-state index in [-0.39, 0.29) is 24.0 Å². The summed E-state index contributed by atoms with van der Waals surface area (Å²) in [6, 6.07) is 9.78. The Labute approximate surface area is 235 Å². The zero-order valence-corrected chi connectivity index (χ0v) is 23.4. The van der Waals surface area contributed by atoms with Gasteiger partial charge in [0.25, 0.3) is 5.91 Å². The molecule has 1 aliphatic rings. The molecule has 2 aromatic carbocycles. The number of anilines is 2. The van der Waals surface area contributed by atoms with E-state index < -0.39 is 23.6 Å². The molecule has 3 amide bonds. The number of carbonyl (C=O) groups excluding carboxylic acids is 3. The van der Waals surface area contributed by atoms with Crippen molar-refractivity contribution in [2.24, 2.45) is 0 Å². The van der Waals surface area contributed by atoms with Crippen LogP contribution in [-0.2, 0) is 16.1 Å².